The number of allylic oxidation sites excluding steroid dienone is 2. The zero-order valence-electron chi connectivity index (χ0n) is 11.3. The molecule has 2 aliphatic heterocycles. The Bertz CT molecular complexity index is 326. The van der Waals surface area contributed by atoms with Gasteiger partial charge in [0.1, 0.15) is 0 Å². The molecule has 0 aromatic carbocycles. The van der Waals surface area contributed by atoms with Crippen LogP contribution in [-0.2, 0) is 9.53 Å². The van der Waals surface area contributed by atoms with Gasteiger partial charge >= 0.3 is 5.97 Å². The van der Waals surface area contributed by atoms with Crippen molar-refractivity contribution in [2.24, 2.45) is 11.8 Å². The van der Waals surface area contributed by atoms with Crippen molar-refractivity contribution in [3.63, 3.8) is 0 Å². The third kappa shape index (κ3) is 3.80. The molecular formula is C15H24O4. The Kier molecular flexibility index (Phi) is 5.40. The molecule has 108 valence electrons. The van der Waals surface area contributed by atoms with E-state index in [4.69, 9.17) is 14.9 Å². The number of carboxylic acid groups (broad SMARTS) is 1. The quantitative estimate of drug-likeness (QED) is 0.524. The van der Waals surface area contributed by atoms with Crippen molar-refractivity contribution in [1.29, 1.82) is 0 Å². The predicted molar refractivity (Wildman–Crippen MR) is 71.8 cm³/mol. The first-order valence-electron chi connectivity index (χ1n) is 7.35. The molecule has 2 fully saturated rings. The molecule has 4 heteroatoms. The molecule has 0 aliphatic carbocycles. The molecule has 4 nitrogen and oxygen atoms in total. The standard InChI is InChI=1S/C15H24O4/c16-10-9-12-11(13-7-8-14(12)19-13)5-3-1-2-4-6-15(17)18/h1,3,11-14,16H,2,4-10H2,(H,17,18)/t11-,12+,13+,14+/m1/s1. The lowest BCUT2D eigenvalue weighted by Gasteiger charge is -2.26. The summed E-state index contributed by atoms with van der Waals surface area (Å²) in [6.07, 6.45) is 10.9. The van der Waals surface area contributed by atoms with Gasteiger partial charge < -0.3 is 14.9 Å². The van der Waals surface area contributed by atoms with Gasteiger partial charge in [0.05, 0.1) is 12.2 Å². The number of ether oxygens (including phenoxy) is 1. The minimum absolute atomic E-state index is 0.245. The molecule has 2 bridgehead atoms. The van der Waals surface area contributed by atoms with Crippen molar-refractivity contribution in [2.45, 2.75) is 57.2 Å². The van der Waals surface area contributed by atoms with Crippen molar-refractivity contribution in [1.82, 2.24) is 0 Å². The van der Waals surface area contributed by atoms with Crippen molar-refractivity contribution in [2.75, 3.05) is 6.61 Å². The van der Waals surface area contributed by atoms with Gasteiger partial charge in [-0.1, -0.05) is 12.2 Å². The molecule has 0 amide bonds. The Balaban J connectivity index is 1.72. The molecule has 2 rings (SSSR count). The molecule has 2 heterocycles. The second kappa shape index (κ2) is 7.06. The van der Waals surface area contributed by atoms with E-state index in [1.54, 1.807) is 0 Å². The van der Waals surface area contributed by atoms with Crippen LogP contribution in [0.5, 0.6) is 0 Å². The van der Waals surface area contributed by atoms with E-state index >= 15 is 0 Å². The summed E-state index contributed by atoms with van der Waals surface area (Å²) in [6.45, 7) is 0.246. The lowest BCUT2D eigenvalue weighted by atomic mass is 9.76. The van der Waals surface area contributed by atoms with Crippen molar-refractivity contribution in [3.05, 3.63) is 12.2 Å². The lowest BCUT2D eigenvalue weighted by molar-refractivity contribution is -0.137. The molecule has 19 heavy (non-hydrogen) atoms. The van der Waals surface area contributed by atoms with Crippen molar-refractivity contribution < 1.29 is 19.7 Å². The molecule has 4 atom stereocenters. The van der Waals surface area contributed by atoms with E-state index in [-0.39, 0.29) is 13.0 Å². The number of hydrogen-bond acceptors (Lipinski definition) is 3. The second-order valence-electron chi connectivity index (χ2n) is 5.62. The number of aliphatic carboxylic acids is 1. The summed E-state index contributed by atoms with van der Waals surface area (Å²) in [5.41, 5.74) is 0. The van der Waals surface area contributed by atoms with Crippen LogP contribution in [0.25, 0.3) is 0 Å². The fourth-order valence-corrected chi connectivity index (χ4v) is 3.49. The predicted octanol–water partition coefficient (Wildman–Crippen LogP) is 2.36. The van der Waals surface area contributed by atoms with Crippen LogP contribution >= 0.6 is 0 Å². The Morgan fingerprint density at radius 1 is 1.21 bits per heavy atom. The van der Waals surface area contributed by atoms with Gasteiger partial charge in [0.15, 0.2) is 0 Å². The maximum absolute atomic E-state index is 10.4. The van der Waals surface area contributed by atoms with Gasteiger partial charge in [-0.25, -0.2) is 0 Å². The highest BCUT2D eigenvalue weighted by Gasteiger charge is 2.47. The van der Waals surface area contributed by atoms with Crippen LogP contribution in [0.15, 0.2) is 12.2 Å². The van der Waals surface area contributed by atoms with Crippen LogP contribution in [0.1, 0.15) is 44.9 Å². The highest BCUT2D eigenvalue weighted by molar-refractivity contribution is 5.66. The first-order valence-corrected chi connectivity index (χ1v) is 7.35. The molecule has 0 aromatic rings. The third-order valence-electron chi connectivity index (χ3n) is 4.39. The van der Waals surface area contributed by atoms with E-state index < -0.39 is 5.97 Å². The number of aliphatic hydroxyl groups is 1. The van der Waals surface area contributed by atoms with E-state index in [0.717, 1.165) is 32.1 Å². The maximum Gasteiger partial charge on any atom is 0.303 e. The van der Waals surface area contributed by atoms with Gasteiger partial charge in [-0.2, -0.15) is 0 Å². The summed E-state index contributed by atoms with van der Waals surface area (Å²) in [7, 11) is 0. The number of fused-ring (bicyclic) bond motifs is 2. The van der Waals surface area contributed by atoms with Gasteiger partial charge in [-0.15, -0.1) is 0 Å². The smallest absolute Gasteiger partial charge is 0.303 e. The molecule has 2 aliphatic rings. The zero-order chi connectivity index (χ0) is 13.7. The van der Waals surface area contributed by atoms with Crippen LogP contribution in [0.3, 0.4) is 0 Å². The Hall–Kier alpha value is -0.870. The minimum atomic E-state index is -0.724. The molecule has 0 radical (unpaired) electrons. The van der Waals surface area contributed by atoms with E-state index in [2.05, 4.69) is 12.2 Å². The maximum atomic E-state index is 10.4. The van der Waals surface area contributed by atoms with Crippen LogP contribution in [0, 0.1) is 11.8 Å². The largest absolute Gasteiger partial charge is 0.481 e. The molecule has 0 unspecified atom stereocenters. The molecule has 2 N–H and O–H groups in total. The van der Waals surface area contributed by atoms with Gasteiger partial charge in [-0.05, 0) is 50.4 Å². The summed E-state index contributed by atoms with van der Waals surface area (Å²) in [4.78, 5) is 10.4. The van der Waals surface area contributed by atoms with Gasteiger partial charge in [0, 0.05) is 13.0 Å². The third-order valence-corrected chi connectivity index (χ3v) is 4.39. The van der Waals surface area contributed by atoms with Crippen molar-refractivity contribution in [3.8, 4) is 0 Å². The van der Waals surface area contributed by atoms with E-state index in [1.807, 2.05) is 0 Å². The highest BCUT2D eigenvalue weighted by atomic mass is 16.5. The van der Waals surface area contributed by atoms with Gasteiger partial charge in [0.2, 0.25) is 0 Å². The zero-order valence-corrected chi connectivity index (χ0v) is 11.3. The summed E-state index contributed by atoms with van der Waals surface area (Å²) < 4.78 is 5.94. The fraction of sp³-hybridized carbons (Fsp3) is 0.800. The molecule has 0 aromatic heterocycles. The van der Waals surface area contributed by atoms with Gasteiger partial charge in [-0.3, -0.25) is 4.79 Å². The molecule has 2 saturated heterocycles. The van der Waals surface area contributed by atoms with Crippen LogP contribution in [0.4, 0.5) is 0 Å². The van der Waals surface area contributed by atoms with Crippen molar-refractivity contribution >= 4 is 5.97 Å². The Morgan fingerprint density at radius 2 is 1.95 bits per heavy atom. The average molecular weight is 268 g/mol. The number of aliphatic hydroxyl groups excluding tert-OH is 1. The normalized spacial score (nSPS) is 33.3. The number of unbranched alkanes of at least 4 members (excludes halogenated alkanes) is 1. The first kappa shape index (κ1) is 14.5. The van der Waals surface area contributed by atoms with E-state index in [9.17, 15) is 4.79 Å². The SMILES string of the molecule is O=C(O)CCCC=CC[C@@H]1[C@H](CCO)[C@@H]2CC[C@@H]1O2. The average Bonchev–Trinajstić information content (AvgIpc) is 2.95. The monoisotopic (exact) mass is 268 g/mol. The Labute approximate surface area is 114 Å². The van der Waals surface area contributed by atoms with E-state index in [0.29, 0.717) is 30.5 Å². The lowest BCUT2D eigenvalue weighted by Crippen LogP contribution is -2.27. The summed E-state index contributed by atoms with van der Waals surface area (Å²) >= 11 is 0. The topological polar surface area (TPSA) is 66.8 Å². The second-order valence-corrected chi connectivity index (χ2v) is 5.62. The number of rotatable bonds is 8. The van der Waals surface area contributed by atoms with Crippen LogP contribution < -0.4 is 0 Å². The summed E-state index contributed by atoms with van der Waals surface area (Å²) in [6, 6.07) is 0. The molecule has 0 saturated carbocycles. The minimum Gasteiger partial charge on any atom is -0.481 e. The fourth-order valence-electron chi connectivity index (χ4n) is 3.49. The number of hydrogen-bond donors (Lipinski definition) is 2. The molecular weight excluding hydrogens is 244 g/mol. The van der Waals surface area contributed by atoms with Gasteiger partial charge in [0.25, 0.3) is 0 Å². The highest BCUT2D eigenvalue weighted by Crippen LogP contribution is 2.46. The number of carbonyl (C=O) groups is 1. The van der Waals surface area contributed by atoms with Crippen LogP contribution in [-0.4, -0.2) is 35.0 Å². The summed E-state index contributed by atoms with van der Waals surface area (Å²) in [5, 5.41) is 17.7. The first-order chi connectivity index (χ1) is 9.22. The number of carboxylic acids is 1. The molecule has 0 spiro atoms. The summed E-state index contributed by atoms with van der Waals surface area (Å²) in [5.74, 6) is 0.326. The van der Waals surface area contributed by atoms with Crippen LogP contribution in [0.2, 0.25) is 0 Å². The van der Waals surface area contributed by atoms with E-state index in [1.165, 1.54) is 0 Å². The Morgan fingerprint density at radius 3 is 2.63 bits per heavy atom.